The number of rotatable bonds is 8. The maximum atomic E-state index is 12.3. The summed E-state index contributed by atoms with van der Waals surface area (Å²) in [5, 5.41) is 23.0. The summed E-state index contributed by atoms with van der Waals surface area (Å²) in [4.78, 5) is 13.8. The molecule has 0 aliphatic rings. The lowest BCUT2D eigenvalue weighted by Crippen LogP contribution is -2.58. The highest BCUT2D eigenvalue weighted by molar-refractivity contribution is 6.45. The summed E-state index contributed by atoms with van der Waals surface area (Å²) in [6.07, 6.45) is 3.74. The number of aliphatic hydroxyl groups excluding tert-OH is 1. The zero-order valence-electron chi connectivity index (χ0n) is 13.5. The highest BCUT2D eigenvalue weighted by Gasteiger charge is 2.36. The van der Waals surface area contributed by atoms with Crippen LogP contribution in [0.3, 0.4) is 0 Å². The minimum Gasteiger partial charge on any atom is -0.437 e. The van der Waals surface area contributed by atoms with Crippen molar-refractivity contribution in [3.05, 3.63) is 12.2 Å². The van der Waals surface area contributed by atoms with Gasteiger partial charge in [0.15, 0.2) is 0 Å². The Morgan fingerprint density at radius 1 is 1.40 bits per heavy atom. The van der Waals surface area contributed by atoms with Crippen molar-refractivity contribution in [1.82, 2.24) is 10.1 Å². The van der Waals surface area contributed by atoms with Gasteiger partial charge in [0.25, 0.3) is 0 Å². The Labute approximate surface area is 123 Å². The van der Waals surface area contributed by atoms with Gasteiger partial charge in [0, 0.05) is 6.04 Å². The van der Waals surface area contributed by atoms with E-state index in [-0.39, 0.29) is 17.9 Å². The van der Waals surface area contributed by atoms with Crippen LogP contribution in [0.25, 0.3) is 0 Å². The number of amides is 1. The van der Waals surface area contributed by atoms with E-state index in [9.17, 15) is 14.9 Å². The molecule has 5 nitrogen and oxygen atoms in total. The standard InChI is InChI=1S/C14H29BN2O3/c1-7-8-9-11(4)13(18)12(17(6)15(5)20)14(19)16-10(2)3/h7-8,10-13,18,20H,9H2,1-6H3,(H,16,19)/b8-7+/t11-,12+,13-/m1/s1. The largest absolute Gasteiger partial charge is 0.437 e. The molecule has 0 unspecified atom stereocenters. The van der Waals surface area contributed by atoms with Crippen LogP contribution in [0.2, 0.25) is 6.82 Å². The van der Waals surface area contributed by atoms with Gasteiger partial charge in [-0.25, -0.2) is 0 Å². The molecule has 0 aliphatic carbocycles. The van der Waals surface area contributed by atoms with Gasteiger partial charge in [-0.15, -0.1) is 0 Å². The van der Waals surface area contributed by atoms with Crippen LogP contribution in [-0.4, -0.2) is 53.1 Å². The SMILES string of the molecule is C/C=C/C[C@@H](C)[C@@H](O)[C@@H](C(=O)NC(C)C)N(C)B(C)O. The Morgan fingerprint density at radius 3 is 2.35 bits per heavy atom. The highest BCUT2D eigenvalue weighted by Crippen LogP contribution is 2.17. The van der Waals surface area contributed by atoms with Crippen molar-refractivity contribution in [2.24, 2.45) is 5.92 Å². The molecule has 0 saturated carbocycles. The highest BCUT2D eigenvalue weighted by atomic mass is 16.3. The summed E-state index contributed by atoms with van der Waals surface area (Å²) in [7, 11) is 0.836. The lowest BCUT2D eigenvalue weighted by atomic mass is 9.80. The predicted molar refractivity (Wildman–Crippen MR) is 83.3 cm³/mol. The molecular weight excluding hydrogens is 255 g/mol. The Bertz CT molecular complexity index is 322. The van der Waals surface area contributed by atoms with Crippen LogP contribution in [0.5, 0.6) is 0 Å². The molecule has 0 aromatic carbocycles. The minimum absolute atomic E-state index is 0.00885. The maximum absolute atomic E-state index is 12.3. The molecular formula is C14H29BN2O3. The number of carbonyl (C=O) groups excluding carboxylic acids is 1. The van der Waals surface area contributed by atoms with Gasteiger partial charge in [0.1, 0.15) is 6.04 Å². The average Bonchev–Trinajstić information content (AvgIpc) is 2.34. The first kappa shape index (κ1) is 19.2. The van der Waals surface area contributed by atoms with Crippen molar-refractivity contribution in [3.63, 3.8) is 0 Å². The normalized spacial score (nSPS) is 16.5. The van der Waals surface area contributed by atoms with E-state index in [1.54, 1.807) is 13.9 Å². The summed E-state index contributed by atoms with van der Waals surface area (Å²) in [5.74, 6) is -0.335. The molecule has 116 valence electrons. The fourth-order valence-corrected chi connectivity index (χ4v) is 1.98. The third-order valence-corrected chi connectivity index (χ3v) is 3.38. The topological polar surface area (TPSA) is 72.8 Å². The fourth-order valence-electron chi connectivity index (χ4n) is 1.98. The lowest BCUT2D eigenvalue weighted by molar-refractivity contribution is -0.130. The summed E-state index contributed by atoms with van der Waals surface area (Å²) in [5.41, 5.74) is 0. The number of likely N-dealkylation sites (N-methyl/N-ethyl adjacent to an activating group) is 1. The van der Waals surface area contributed by atoms with Gasteiger partial charge in [-0.3, -0.25) is 4.79 Å². The van der Waals surface area contributed by atoms with Gasteiger partial charge in [0.2, 0.25) is 5.91 Å². The maximum Gasteiger partial charge on any atom is 0.376 e. The van der Waals surface area contributed by atoms with E-state index in [0.29, 0.717) is 6.42 Å². The second kappa shape index (κ2) is 9.16. The van der Waals surface area contributed by atoms with Gasteiger partial charge in [-0.1, -0.05) is 19.1 Å². The van der Waals surface area contributed by atoms with Gasteiger partial charge >= 0.3 is 7.05 Å². The molecule has 0 aromatic rings. The van der Waals surface area contributed by atoms with Crippen LogP contribution in [-0.2, 0) is 4.79 Å². The van der Waals surface area contributed by atoms with E-state index in [4.69, 9.17) is 0 Å². The Hall–Kier alpha value is -0.845. The fraction of sp³-hybridized carbons (Fsp3) is 0.786. The van der Waals surface area contributed by atoms with Crippen LogP contribution in [0.15, 0.2) is 12.2 Å². The molecule has 1 amide bonds. The Balaban J connectivity index is 5.04. The number of hydrogen-bond donors (Lipinski definition) is 3. The molecule has 6 heteroatoms. The Morgan fingerprint density at radius 2 is 1.95 bits per heavy atom. The summed E-state index contributed by atoms with van der Waals surface area (Å²) >= 11 is 0. The number of nitrogens with one attached hydrogen (secondary N) is 1. The van der Waals surface area contributed by atoms with Gasteiger partial charge in [-0.2, -0.15) is 0 Å². The number of carbonyl (C=O) groups is 1. The summed E-state index contributed by atoms with van der Waals surface area (Å²) in [6.45, 7) is 9.14. The molecule has 3 atom stereocenters. The first-order valence-electron chi connectivity index (χ1n) is 7.21. The molecule has 0 fully saturated rings. The van der Waals surface area contributed by atoms with Crippen molar-refractivity contribution in [2.75, 3.05) is 7.05 Å². The molecule has 20 heavy (non-hydrogen) atoms. The van der Waals surface area contributed by atoms with Crippen LogP contribution < -0.4 is 5.32 Å². The summed E-state index contributed by atoms with van der Waals surface area (Å²) in [6, 6.07) is -0.775. The molecule has 0 spiro atoms. The quantitative estimate of drug-likeness (QED) is 0.457. The van der Waals surface area contributed by atoms with E-state index in [1.165, 1.54) is 4.81 Å². The second-order valence-electron chi connectivity index (χ2n) is 5.68. The Kier molecular flexibility index (Phi) is 8.77. The molecule has 0 radical (unpaired) electrons. The van der Waals surface area contributed by atoms with Crippen molar-refractivity contribution in [3.8, 4) is 0 Å². The third-order valence-electron chi connectivity index (χ3n) is 3.38. The van der Waals surface area contributed by atoms with Crippen molar-refractivity contribution < 1.29 is 14.9 Å². The van der Waals surface area contributed by atoms with Crippen molar-refractivity contribution in [1.29, 1.82) is 0 Å². The molecule has 0 bridgehead atoms. The second-order valence-corrected chi connectivity index (χ2v) is 5.68. The third kappa shape index (κ3) is 6.07. The number of aliphatic hydroxyl groups is 1. The first-order chi connectivity index (χ1) is 9.22. The van der Waals surface area contributed by atoms with Gasteiger partial charge in [-0.05, 0) is 47.0 Å². The van der Waals surface area contributed by atoms with E-state index < -0.39 is 19.2 Å². The van der Waals surface area contributed by atoms with Crippen LogP contribution >= 0.6 is 0 Å². The van der Waals surface area contributed by atoms with Crippen molar-refractivity contribution in [2.45, 2.75) is 59.1 Å². The van der Waals surface area contributed by atoms with Gasteiger partial charge in [0.05, 0.1) is 6.10 Å². The van der Waals surface area contributed by atoms with E-state index in [2.05, 4.69) is 5.32 Å². The van der Waals surface area contributed by atoms with E-state index in [1.807, 2.05) is 39.8 Å². The zero-order chi connectivity index (χ0) is 15.9. The summed E-state index contributed by atoms with van der Waals surface area (Å²) < 4.78 is 0. The number of hydrogen-bond acceptors (Lipinski definition) is 4. The number of allylic oxidation sites excluding steroid dienone is 2. The van der Waals surface area contributed by atoms with Gasteiger partial charge < -0.3 is 20.3 Å². The molecule has 3 N–H and O–H groups in total. The molecule has 0 rings (SSSR count). The molecule has 0 heterocycles. The monoisotopic (exact) mass is 284 g/mol. The van der Waals surface area contributed by atoms with Crippen molar-refractivity contribution >= 4 is 13.0 Å². The lowest BCUT2D eigenvalue weighted by Gasteiger charge is -2.34. The first-order valence-corrected chi connectivity index (χ1v) is 7.21. The van der Waals surface area contributed by atoms with E-state index in [0.717, 1.165) is 0 Å². The van der Waals surface area contributed by atoms with Crippen LogP contribution in [0.4, 0.5) is 0 Å². The minimum atomic E-state index is -0.843. The van der Waals surface area contributed by atoms with Crippen LogP contribution in [0, 0.1) is 5.92 Å². The molecule has 0 saturated heterocycles. The smallest absolute Gasteiger partial charge is 0.376 e. The zero-order valence-corrected chi connectivity index (χ0v) is 13.5. The van der Waals surface area contributed by atoms with E-state index >= 15 is 0 Å². The molecule has 0 aromatic heterocycles. The average molecular weight is 284 g/mol. The predicted octanol–water partition coefficient (Wildman–Crippen LogP) is 0.885. The molecule has 0 aliphatic heterocycles. The number of nitrogens with zero attached hydrogens (tertiary/aromatic N) is 1. The van der Waals surface area contributed by atoms with Crippen LogP contribution in [0.1, 0.15) is 34.1 Å².